The number of hydrogen-bond donors (Lipinski definition) is 0. The van der Waals surface area contributed by atoms with Gasteiger partial charge in [0.25, 0.3) is 0 Å². The third kappa shape index (κ3) is 4.24. The second-order valence-corrected chi connectivity index (χ2v) is 3.95. The Bertz CT molecular complexity index is 210. The summed E-state index contributed by atoms with van der Waals surface area (Å²) in [6.45, 7) is 5.50. The van der Waals surface area contributed by atoms with Crippen molar-refractivity contribution in [2.24, 2.45) is 0 Å². The maximum atomic E-state index is 5.56. The first-order valence-electron chi connectivity index (χ1n) is 6.00. The highest BCUT2D eigenvalue weighted by atomic mass is 16.7. The van der Waals surface area contributed by atoms with Gasteiger partial charge in [-0.05, 0) is 19.8 Å². The molecule has 0 N–H and O–H groups in total. The molecule has 1 heterocycles. The first-order chi connectivity index (χ1) is 7.33. The van der Waals surface area contributed by atoms with Gasteiger partial charge in [0.05, 0.1) is 13.2 Å². The van der Waals surface area contributed by atoms with Crippen LogP contribution in [0.4, 0.5) is 0 Å². The molecule has 1 aliphatic carbocycles. The topological polar surface area (TPSA) is 18.5 Å². The lowest BCUT2D eigenvalue weighted by Crippen LogP contribution is -2.32. The summed E-state index contributed by atoms with van der Waals surface area (Å²) in [6.07, 6.45) is 7.13. The maximum Gasteiger partial charge on any atom is 0.168 e. The third-order valence-electron chi connectivity index (χ3n) is 2.78. The van der Waals surface area contributed by atoms with E-state index in [4.69, 9.17) is 9.47 Å². The predicted molar refractivity (Wildman–Crippen MR) is 61.5 cm³/mol. The van der Waals surface area contributed by atoms with Crippen LogP contribution in [-0.2, 0) is 9.47 Å². The zero-order chi connectivity index (χ0) is 11.0. The van der Waals surface area contributed by atoms with Crippen LogP contribution in [0, 0.1) is 11.8 Å². The van der Waals surface area contributed by atoms with E-state index in [0.717, 1.165) is 32.5 Å². The average Bonchev–Trinajstić information content (AvgIpc) is 2.70. The standard InChI is InChI=1S/C8H14O2.C5H8/c1-2-4-8(5-3-1)9-6-7-10-8;1-3-5-4-2/h1-7H2;3H2,1-2H3. The molecule has 1 saturated heterocycles. The van der Waals surface area contributed by atoms with Crippen molar-refractivity contribution in [1.29, 1.82) is 0 Å². The maximum absolute atomic E-state index is 5.56. The van der Waals surface area contributed by atoms with Gasteiger partial charge in [-0.3, -0.25) is 0 Å². The summed E-state index contributed by atoms with van der Waals surface area (Å²) in [6, 6.07) is 0. The fourth-order valence-electron chi connectivity index (χ4n) is 2.05. The first-order valence-corrected chi connectivity index (χ1v) is 6.00. The van der Waals surface area contributed by atoms with Crippen LogP contribution < -0.4 is 0 Å². The molecule has 86 valence electrons. The molecule has 0 aromatic carbocycles. The monoisotopic (exact) mass is 210 g/mol. The summed E-state index contributed by atoms with van der Waals surface area (Å²) in [7, 11) is 0. The second kappa shape index (κ2) is 6.87. The van der Waals surface area contributed by atoms with Crippen LogP contribution in [0.3, 0.4) is 0 Å². The molecule has 0 aromatic heterocycles. The van der Waals surface area contributed by atoms with Crippen molar-refractivity contribution < 1.29 is 9.47 Å². The summed E-state index contributed by atoms with van der Waals surface area (Å²) < 4.78 is 11.1. The molecule has 2 rings (SSSR count). The molecule has 0 unspecified atom stereocenters. The summed E-state index contributed by atoms with van der Waals surface area (Å²) in [5.74, 6) is 5.50. The van der Waals surface area contributed by atoms with Gasteiger partial charge in [0.15, 0.2) is 5.79 Å². The molecule has 2 aliphatic rings. The van der Waals surface area contributed by atoms with Crippen LogP contribution >= 0.6 is 0 Å². The number of rotatable bonds is 0. The average molecular weight is 210 g/mol. The van der Waals surface area contributed by atoms with Crippen LogP contribution in [0.5, 0.6) is 0 Å². The van der Waals surface area contributed by atoms with Crippen LogP contribution in [-0.4, -0.2) is 19.0 Å². The molecule has 0 aromatic rings. The van der Waals surface area contributed by atoms with Gasteiger partial charge in [0.1, 0.15) is 0 Å². The predicted octanol–water partition coefficient (Wildman–Crippen LogP) is 3.11. The Morgan fingerprint density at radius 1 is 1.07 bits per heavy atom. The van der Waals surface area contributed by atoms with Crippen molar-refractivity contribution in [3.05, 3.63) is 0 Å². The molecule has 1 spiro atoms. The highest BCUT2D eigenvalue weighted by molar-refractivity contribution is 4.92. The zero-order valence-electron chi connectivity index (χ0n) is 9.97. The van der Waals surface area contributed by atoms with E-state index in [2.05, 4.69) is 11.8 Å². The molecule has 1 aliphatic heterocycles. The Balaban J connectivity index is 0.000000195. The van der Waals surface area contributed by atoms with Gasteiger partial charge in [0.2, 0.25) is 0 Å². The van der Waals surface area contributed by atoms with E-state index in [0.29, 0.717) is 0 Å². The highest BCUT2D eigenvalue weighted by Gasteiger charge is 2.37. The summed E-state index contributed by atoms with van der Waals surface area (Å²) in [5, 5.41) is 0. The van der Waals surface area contributed by atoms with Crippen LogP contribution in [0.2, 0.25) is 0 Å². The third-order valence-corrected chi connectivity index (χ3v) is 2.78. The summed E-state index contributed by atoms with van der Waals surface area (Å²) in [4.78, 5) is 0. The van der Waals surface area contributed by atoms with E-state index in [1.807, 2.05) is 13.8 Å². The van der Waals surface area contributed by atoms with Crippen molar-refractivity contribution in [3.63, 3.8) is 0 Å². The fourth-order valence-corrected chi connectivity index (χ4v) is 2.05. The van der Waals surface area contributed by atoms with Crippen molar-refractivity contribution in [1.82, 2.24) is 0 Å². The van der Waals surface area contributed by atoms with Gasteiger partial charge in [-0.15, -0.1) is 11.8 Å². The SMILES string of the molecule is C1CCC2(CC1)OCCO2.CC#CCC. The quantitative estimate of drug-likeness (QED) is 0.572. The van der Waals surface area contributed by atoms with E-state index in [9.17, 15) is 0 Å². The first kappa shape index (κ1) is 12.5. The van der Waals surface area contributed by atoms with E-state index in [-0.39, 0.29) is 5.79 Å². The molecule has 0 atom stereocenters. The lowest BCUT2D eigenvalue weighted by molar-refractivity contribution is -0.176. The van der Waals surface area contributed by atoms with Crippen LogP contribution in [0.1, 0.15) is 52.4 Å². The lowest BCUT2D eigenvalue weighted by atomic mass is 9.94. The molecule has 2 nitrogen and oxygen atoms in total. The zero-order valence-corrected chi connectivity index (χ0v) is 9.97. The minimum absolute atomic E-state index is 0.127. The molecule has 2 fully saturated rings. The van der Waals surface area contributed by atoms with Crippen molar-refractivity contribution in [2.45, 2.75) is 58.2 Å². The van der Waals surface area contributed by atoms with Gasteiger partial charge >= 0.3 is 0 Å². The molecule has 1 saturated carbocycles. The van der Waals surface area contributed by atoms with Gasteiger partial charge in [0, 0.05) is 19.3 Å². The minimum Gasteiger partial charge on any atom is -0.348 e. The normalized spacial score (nSPS) is 22.5. The number of ether oxygens (including phenoxy) is 2. The van der Waals surface area contributed by atoms with E-state index >= 15 is 0 Å². The summed E-state index contributed by atoms with van der Waals surface area (Å²) >= 11 is 0. The molecule has 0 amide bonds. The Morgan fingerprint density at radius 2 is 1.67 bits per heavy atom. The van der Waals surface area contributed by atoms with Crippen LogP contribution in [0.15, 0.2) is 0 Å². The lowest BCUT2D eigenvalue weighted by Gasteiger charge is -2.30. The Kier molecular flexibility index (Phi) is 5.75. The molecule has 15 heavy (non-hydrogen) atoms. The fraction of sp³-hybridized carbons (Fsp3) is 0.846. The largest absolute Gasteiger partial charge is 0.348 e. The van der Waals surface area contributed by atoms with E-state index in [1.54, 1.807) is 0 Å². The number of hydrogen-bond acceptors (Lipinski definition) is 2. The van der Waals surface area contributed by atoms with Gasteiger partial charge < -0.3 is 9.47 Å². The minimum atomic E-state index is -0.127. The van der Waals surface area contributed by atoms with Gasteiger partial charge in [-0.2, -0.15) is 0 Å². The summed E-state index contributed by atoms with van der Waals surface area (Å²) in [5.41, 5.74) is 0. The smallest absolute Gasteiger partial charge is 0.168 e. The molecular formula is C13H22O2. The molecular weight excluding hydrogens is 188 g/mol. The molecule has 0 bridgehead atoms. The van der Waals surface area contributed by atoms with Crippen molar-refractivity contribution in [3.8, 4) is 11.8 Å². The second-order valence-electron chi connectivity index (χ2n) is 3.95. The van der Waals surface area contributed by atoms with Crippen LogP contribution in [0.25, 0.3) is 0 Å². The van der Waals surface area contributed by atoms with Gasteiger partial charge in [-0.25, -0.2) is 0 Å². The highest BCUT2D eigenvalue weighted by Crippen LogP contribution is 2.35. The Labute approximate surface area is 93.3 Å². The Morgan fingerprint density at radius 3 is 2.07 bits per heavy atom. The Hall–Kier alpha value is -0.520. The molecule has 0 radical (unpaired) electrons. The van der Waals surface area contributed by atoms with Crippen molar-refractivity contribution in [2.75, 3.05) is 13.2 Å². The van der Waals surface area contributed by atoms with Gasteiger partial charge in [-0.1, -0.05) is 13.3 Å². The van der Waals surface area contributed by atoms with E-state index in [1.165, 1.54) is 19.3 Å². The van der Waals surface area contributed by atoms with Crippen molar-refractivity contribution >= 4 is 0 Å². The molecule has 2 heteroatoms. The van der Waals surface area contributed by atoms with E-state index < -0.39 is 0 Å².